The Morgan fingerprint density at radius 3 is 1.59 bits per heavy atom. The molecule has 3 aliphatic carbocycles. The largest absolute Gasteiger partial charge is 0.508 e. The van der Waals surface area contributed by atoms with E-state index in [2.05, 4.69) is 36.4 Å². The van der Waals surface area contributed by atoms with Crippen molar-refractivity contribution in [2.75, 3.05) is 0 Å². The summed E-state index contributed by atoms with van der Waals surface area (Å²) in [4.78, 5) is 0. The van der Waals surface area contributed by atoms with Crippen molar-refractivity contribution in [3.8, 4) is 11.5 Å². The second-order valence-electron chi connectivity index (χ2n) is 7.52. The maximum absolute atomic E-state index is 10.3. The molecule has 0 saturated carbocycles. The molecule has 0 aromatic heterocycles. The Kier molecular flexibility index (Phi) is 3.61. The Morgan fingerprint density at radius 1 is 0.667 bits per heavy atom. The average molecular weight is 354 g/mol. The molecule has 0 atom stereocenters. The van der Waals surface area contributed by atoms with Gasteiger partial charge in [0.1, 0.15) is 11.5 Å². The van der Waals surface area contributed by atoms with E-state index in [1.54, 1.807) is 12.1 Å². The molecule has 2 N–H and O–H groups in total. The van der Waals surface area contributed by atoms with Crippen LogP contribution in [0.4, 0.5) is 0 Å². The minimum absolute atomic E-state index is 0.266. The van der Waals surface area contributed by atoms with Crippen LogP contribution >= 0.6 is 0 Å². The van der Waals surface area contributed by atoms with Gasteiger partial charge in [0.15, 0.2) is 0 Å². The van der Waals surface area contributed by atoms with E-state index in [-0.39, 0.29) is 11.5 Å². The van der Waals surface area contributed by atoms with Crippen LogP contribution in [0.2, 0.25) is 0 Å². The molecule has 134 valence electrons. The van der Waals surface area contributed by atoms with E-state index in [4.69, 9.17) is 0 Å². The summed E-state index contributed by atoms with van der Waals surface area (Å²) in [6, 6.07) is 15.2. The molecule has 0 heterocycles. The van der Waals surface area contributed by atoms with Gasteiger partial charge in [-0.05, 0) is 83.4 Å². The van der Waals surface area contributed by atoms with E-state index in [9.17, 15) is 10.2 Å². The zero-order chi connectivity index (χ0) is 18.4. The van der Waals surface area contributed by atoms with Crippen LogP contribution in [-0.4, -0.2) is 10.2 Å². The fourth-order valence-corrected chi connectivity index (χ4v) is 5.07. The molecule has 0 spiro atoms. The first kappa shape index (κ1) is 16.2. The predicted molar refractivity (Wildman–Crippen MR) is 108 cm³/mol. The summed E-state index contributed by atoms with van der Waals surface area (Å²) >= 11 is 0. The van der Waals surface area contributed by atoms with Crippen molar-refractivity contribution < 1.29 is 10.2 Å². The molecule has 5 rings (SSSR count). The number of phenolic OH excluding ortho intramolecular Hbond substituents is 2. The molecule has 2 heteroatoms. The summed E-state index contributed by atoms with van der Waals surface area (Å²) in [7, 11) is 0. The summed E-state index contributed by atoms with van der Waals surface area (Å²) in [5.41, 5.74) is 7.08. The minimum atomic E-state index is -0.490. The third-order valence-electron chi connectivity index (χ3n) is 6.07. The highest BCUT2D eigenvalue weighted by atomic mass is 16.3. The molecule has 0 bridgehead atoms. The molecular weight excluding hydrogens is 332 g/mol. The van der Waals surface area contributed by atoms with Crippen molar-refractivity contribution in [2.24, 2.45) is 0 Å². The summed E-state index contributed by atoms with van der Waals surface area (Å²) in [6.07, 6.45) is 13.3. The Morgan fingerprint density at radius 2 is 1.15 bits per heavy atom. The first-order chi connectivity index (χ1) is 13.2. The van der Waals surface area contributed by atoms with E-state index in [1.807, 2.05) is 24.3 Å². The first-order valence-electron chi connectivity index (χ1n) is 9.61. The topological polar surface area (TPSA) is 40.5 Å². The van der Waals surface area contributed by atoms with E-state index in [1.165, 1.54) is 22.3 Å². The minimum Gasteiger partial charge on any atom is -0.508 e. The molecule has 0 saturated heterocycles. The number of aromatic hydroxyl groups is 2. The summed E-state index contributed by atoms with van der Waals surface area (Å²) in [5.74, 6) is 0.533. The molecule has 0 unspecified atom stereocenters. The van der Waals surface area contributed by atoms with Gasteiger partial charge in [0.2, 0.25) is 0 Å². The lowest BCUT2D eigenvalue weighted by molar-refractivity contribution is 0.472. The van der Waals surface area contributed by atoms with Crippen molar-refractivity contribution in [2.45, 2.75) is 31.1 Å². The molecule has 2 nitrogen and oxygen atoms in total. The van der Waals surface area contributed by atoms with Crippen LogP contribution in [0.1, 0.15) is 36.8 Å². The molecule has 3 aliphatic rings. The molecule has 0 aliphatic heterocycles. The van der Waals surface area contributed by atoms with Crippen LogP contribution in [0.25, 0.3) is 0 Å². The number of phenols is 2. The number of benzene rings is 2. The van der Waals surface area contributed by atoms with Gasteiger partial charge in [0.25, 0.3) is 0 Å². The Bertz CT molecular complexity index is 964. The number of allylic oxidation sites excluding steroid dienone is 8. The lowest BCUT2D eigenvalue weighted by Gasteiger charge is -2.37. The maximum Gasteiger partial charge on any atom is 0.115 e. The van der Waals surface area contributed by atoms with Crippen molar-refractivity contribution in [1.82, 2.24) is 0 Å². The predicted octanol–water partition coefficient (Wildman–Crippen LogP) is 5.69. The standard InChI is InChI=1S/C25H22O2/c26-19-9-5-7-17(15-19)25(18-8-6-10-20(27)16-18)23-13-3-1-11-21(23)22-12-2-4-14-24(22)25/h3-10,13-16,26-27H,1-2,11-12H2. The van der Waals surface area contributed by atoms with Gasteiger partial charge in [-0.25, -0.2) is 0 Å². The van der Waals surface area contributed by atoms with Crippen LogP contribution in [-0.2, 0) is 5.41 Å². The van der Waals surface area contributed by atoms with Gasteiger partial charge >= 0.3 is 0 Å². The molecular formula is C25H22O2. The quantitative estimate of drug-likeness (QED) is 0.727. The van der Waals surface area contributed by atoms with Gasteiger partial charge < -0.3 is 10.2 Å². The van der Waals surface area contributed by atoms with Crippen LogP contribution in [0.5, 0.6) is 11.5 Å². The lowest BCUT2D eigenvalue weighted by Crippen LogP contribution is -2.30. The van der Waals surface area contributed by atoms with Crippen molar-refractivity contribution >= 4 is 0 Å². The number of fused-ring (bicyclic) bond motifs is 1. The van der Waals surface area contributed by atoms with Gasteiger partial charge in [0, 0.05) is 0 Å². The second-order valence-corrected chi connectivity index (χ2v) is 7.52. The first-order valence-corrected chi connectivity index (χ1v) is 9.61. The molecule has 27 heavy (non-hydrogen) atoms. The van der Waals surface area contributed by atoms with Crippen LogP contribution in [0.3, 0.4) is 0 Å². The third-order valence-corrected chi connectivity index (χ3v) is 6.07. The van der Waals surface area contributed by atoms with Crippen molar-refractivity contribution in [1.29, 1.82) is 0 Å². The van der Waals surface area contributed by atoms with E-state index in [0.717, 1.165) is 36.8 Å². The monoisotopic (exact) mass is 354 g/mol. The normalized spacial score (nSPS) is 20.0. The molecule has 2 aromatic rings. The van der Waals surface area contributed by atoms with E-state index in [0.29, 0.717) is 0 Å². The van der Waals surface area contributed by atoms with Crippen molar-refractivity contribution in [3.05, 3.63) is 106 Å². The summed E-state index contributed by atoms with van der Waals surface area (Å²) < 4.78 is 0. The molecule has 2 aromatic carbocycles. The third kappa shape index (κ3) is 2.26. The smallest absolute Gasteiger partial charge is 0.115 e. The van der Waals surface area contributed by atoms with Crippen LogP contribution in [0.15, 0.2) is 95.1 Å². The Labute approximate surface area is 159 Å². The summed E-state index contributed by atoms with van der Waals surface area (Å²) in [6.45, 7) is 0. The second kappa shape index (κ2) is 6.02. The molecule has 0 fully saturated rings. The maximum atomic E-state index is 10.3. The van der Waals surface area contributed by atoms with Crippen molar-refractivity contribution in [3.63, 3.8) is 0 Å². The van der Waals surface area contributed by atoms with E-state index < -0.39 is 5.41 Å². The molecule has 0 amide bonds. The highest BCUT2D eigenvalue weighted by molar-refractivity contribution is 5.74. The van der Waals surface area contributed by atoms with Crippen LogP contribution in [0, 0.1) is 0 Å². The number of hydrogen-bond acceptors (Lipinski definition) is 2. The van der Waals surface area contributed by atoms with Gasteiger partial charge in [-0.15, -0.1) is 0 Å². The fraction of sp³-hybridized carbons (Fsp3) is 0.200. The average Bonchev–Trinajstić information content (AvgIpc) is 3.00. The highest BCUT2D eigenvalue weighted by Crippen LogP contribution is 2.58. The molecule has 0 radical (unpaired) electrons. The highest BCUT2D eigenvalue weighted by Gasteiger charge is 2.48. The summed E-state index contributed by atoms with van der Waals surface area (Å²) in [5, 5.41) is 20.5. The van der Waals surface area contributed by atoms with Crippen LogP contribution < -0.4 is 0 Å². The van der Waals surface area contributed by atoms with Gasteiger partial charge in [-0.1, -0.05) is 48.6 Å². The zero-order valence-electron chi connectivity index (χ0n) is 15.2. The Balaban J connectivity index is 1.91. The fourth-order valence-electron chi connectivity index (χ4n) is 5.07. The van der Waals surface area contributed by atoms with Gasteiger partial charge in [0.05, 0.1) is 5.41 Å². The Hall–Kier alpha value is -3.00. The van der Waals surface area contributed by atoms with Gasteiger partial charge in [-0.3, -0.25) is 0 Å². The van der Waals surface area contributed by atoms with E-state index >= 15 is 0 Å². The van der Waals surface area contributed by atoms with Gasteiger partial charge in [-0.2, -0.15) is 0 Å². The zero-order valence-corrected chi connectivity index (χ0v) is 15.2. The number of rotatable bonds is 2. The SMILES string of the molecule is Oc1cccc(C2(c3cccc(O)c3)C3=C(CCC=C3)C3=C2C=CCC3)c1. The lowest BCUT2D eigenvalue weighted by atomic mass is 9.65. The number of hydrogen-bond donors (Lipinski definition) is 2.